The predicted octanol–water partition coefficient (Wildman–Crippen LogP) is 1.70. The van der Waals surface area contributed by atoms with Gasteiger partial charge in [-0.1, -0.05) is 6.92 Å². The van der Waals surface area contributed by atoms with Crippen molar-refractivity contribution in [3.05, 3.63) is 16.1 Å². The molecule has 0 bridgehead atoms. The smallest absolute Gasteiger partial charge is 0.107 e. The van der Waals surface area contributed by atoms with E-state index in [4.69, 9.17) is 0 Å². The summed E-state index contributed by atoms with van der Waals surface area (Å²) in [4.78, 5) is 4.33. The fourth-order valence-corrected chi connectivity index (χ4v) is 1.79. The molecule has 1 aromatic heterocycles. The largest absolute Gasteiger partial charge is 0.389 e. The molecule has 1 atom stereocenters. The molecule has 3 nitrogen and oxygen atoms in total. The zero-order valence-electron chi connectivity index (χ0n) is 9.00. The molecule has 1 rings (SSSR count). The first-order chi connectivity index (χ1) is 6.53. The summed E-state index contributed by atoms with van der Waals surface area (Å²) in [5.74, 6) is 0. The number of aromatic nitrogens is 1. The third-order valence-electron chi connectivity index (χ3n) is 2.21. The van der Waals surface area contributed by atoms with Gasteiger partial charge in [0.1, 0.15) is 5.01 Å². The second-order valence-electron chi connectivity index (χ2n) is 3.84. The van der Waals surface area contributed by atoms with Gasteiger partial charge in [-0.25, -0.2) is 4.98 Å². The third-order valence-corrected chi connectivity index (χ3v) is 3.18. The molecule has 1 unspecified atom stereocenters. The lowest BCUT2D eigenvalue weighted by Crippen LogP contribution is -2.36. The highest BCUT2D eigenvalue weighted by molar-refractivity contribution is 7.09. The van der Waals surface area contributed by atoms with Gasteiger partial charge in [0.15, 0.2) is 0 Å². The summed E-state index contributed by atoms with van der Waals surface area (Å²) in [5.41, 5.74) is 0.459. The first-order valence-corrected chi connectivity index (χ1v) is 5.75. The fraction of sp³-hybridized carbons (Fsp3) is 0.700. The number of hydrogen-bond acceptors (Lipinski definition) is 4. The van der Waals surface area contributed by atoms with E-state index in [0.717, 1.165) is 23.7 Å². The predicted molar refractivity (Wildman–Crippen MR) is 59.5 cm³/mol. The van der Waals surface area contributed by atoms with Gasteiger partial charge in [0, 0.05) is 24.2 Å². The van der Waals surface area contributed by atoms with Crippen molar-refractivity contribution in [3.63, 3.8) is 0 Å². The van der Waals surface area contributed by atoms with Crippen LogP contribution < -0.4 is 5.32 Å². The Balaban J connectivity index is 2.28. The maximum atomic E-state index is 9.73. The Bertz CT molecular complexity index is 283. The van der Waals surface area contributed by atoms with Crippen LogP contribution in [-0.2, 0) is 6.54 Å². The molecule has 0 amide bonds. The average molecular weight is 214 g/mol. The van der Waals surface area contributed by atoms with Crippen LogP contribution in [0.25, 0.3) is 0 Å². The Morgan fingerprint density at radius 1 is 1.64 bits per heavy atom. The van der Waals surface area contributed by atoms with Crippen molar-refractivity contribution < 1.29 is 5.11 Å². The second kappa shape index (κ2) is 4.87. The lowest BCUT2D eigenvalue weighted by molar-refractivity contribution is 0.0555. The molecule has 2 N–H and O–H groups in total. The number of aryl methyl sites for hydroxylation is 1. The highest BCUT2D eigenvalue weighted by Crippen LogP contribution is 2.09. The first-order valence-electron chi connectivity index (χ1n) is 4.87. The van der Waals surface area contributed by atoms with Crippen molar-refractivity contribution >= 4 is 11.3 Å². The second-order valence-corrected chi connectivity index (χ2v) is 4.78. The van der Waals surface area contributed by atoms with Gasteiger partial charge in [-0.2, -0.15) is 0 Å². The molecule has 0 aromatic carbocycles. The van der Waals surface area contributed by atoms with Crippen molar-refractivity contribution in [2.24, 2.45) is 0 Å². The van der Waals surface area contributed by atoms with E-state index in [1.807, 2.05) is 26.2 Å². The number of rotatable bonds is 5. The summed E-state index contributed by atoms with van der Waals surface area (Å²) in [6, 6.07) is 0. The normalized spacial score (nSPS) is 15.4. The van der Waals surface area contributed by atoms with Crippen LogP contribution >= 0.6 is 11.3 Å². The van der Waals surface area contributed by atoms with Crippen molar-refractivity contribution in [2.75, 3.05) is 6.54 Å². The Morgan fingerprint density at radius 2 is 2.36 bits per heavy atom. The van der Waals surface area contributed by atoms with Crippen molar-refractivity contribution in [3.8, 4) is 0 Å². The number of thiazole rings is 1. The SMILES string of the molecule is CCC(C)(O)CNCc1nc(C)cs1. The Hall–Kier alpha value is -0.450. The highest BCUT2D eigenvalue weighted by Gasteiger charge is 2.16. The molecule has 1 heterocycles. The molecule has 80 valence electrons. The van der Waals surface area contributed by atoms with Gasteiger partial charge in [-0.15, -0.1) is 11.3 Å². The van der Waals surface area contributed by atoms with Crippen LogP contribution in [0.2, 0.25) is 0 Å². The van der Waals surface area contributed by atoms with E-state index < -0.39 is 5.60 Å². The van der Waals surface area contributed by atoms with Crippen LogP contribution in [0, 0.1) is 6.92 Å². The van der Waals surface area contributed by atoms with E-state index >= 15 is 0 Å². The average Bonchev–Trinajstić information content (AvgIpc) is 2.51. The molecule has 0 aliphatic carbocycles. The van der Waals surface area contributed by atoms with E-state index in [1.54, 1.807) is 11.3 Å². The standard InChI is InChI=1S/C10H18N2OS/c1-4-10(3,13)7-11-5-9-12-8(2)6-14-9/h6,11,13H,4-5,7H2,1-3H3. The molecule has 0 saturated carbocycles. The minimum absolute atomic E-state index is 0.605. The molecule has 1 aromatic rings. The van der Waals surface area contributed by atoms with Crippen molar-refractivity contribution in [2.45, 2.75) is 39.3 Å². The van der Waals surface area contributed by atoms with E-state index in [9.17, 15) is 5.11 Å². The molecule has 0 aliphatic heterocycles. The van der Waals surface area contributed by atoms with Crippen molar-refractivity contribution in [1.29, 1.82) is 0 Å². The van der Waals surface area contributed by atoms with Crippen LogP contribution in [0.4, 0.5) is 0 Å². The quantitative estimate of drug-likeness (QED) is 0.784. The van der Waals surface area contributed by atoms with Crippen LogP contribution in [0.1, 0.15) is 31.0 Å². The molecular formula is C10H18N2OS. The summed E-state index contributed by atoms with van der Waals surface area (Å²) in [7, 11) is 0. The Kier molecular flexibility index (Phi) is 4.04. The van der Waals surface area contributed by atoms with Gasteiger partial charge in [0.25, 0.3) is 0 Å². The van der Waals surface area contributed by atoms with Gasteiger partial charge in [-0.3, -0.25) is 0 Å². The molecule has 0 aliphatic rings. The highest BCUT2D eigenvalue weighted by atomic mass is 32.1. The summed E-state index contributed by atoms with van der Waals surface area (Å²) in [5, 5.41) is 16.0. The Labute approximate surface area is 89.2 Å². The zero-order chi connectivity index (χ0) is 10.6. The lowest BCUT2D eigenvalue weighted by Gasteiger charge is -2.21. The lowest BCUT2D eigenvalue weighted by atomic mass is 10.0. The van der Waals surface area contributed by atoms with Crippen LogP contribution in [-0.4, -0.2) is 22.2 Å². The van der Waals surface area contributed by atoms with E-state index in [-0.39, 0.29) is 0 Å². The molecule has 14 heavy (non-hydrogen) atoms. The van der Waals surface area contributed by atoms with Gasteiger partial charge >= 0.3 is 0 Å². The summed E-state index contributed by atoms with van der Waals surface area (Å²) in [6.45, 7) is 7.17. The maximum Gasteiger partial charge on any atom is 0.107 e. The Morgan fingerprint density at radius 3 is 2.86 bits per heavy atom. The van der Waals surface area contributed by atoms with E-state index in [2.05, 4.69) is 10.3 Å². The number of hydrogen-bond donors (Lipinski definition) is 2. The van der Waals surface area contributed by atoms with Gasteiger partial charge in [0.05, 0.1) is 5.60 Å². The van der Waals surface area contributed by atoms with Crippen LogP contribution in [0.3, 0.4) is 0 Å². The monoisotopic (exact) mass is 214 g/mol. The van der Waals surface area contributed by atoms with Gasteiger partial charge in [-0.05, 0) is 20.3 Å². The first kappa shape index (κ1) is 11.6. The summed E-state index contributed by atoms with van der Waals surface area (Å²) >= 11 is 1.65. The summed E-state index contributed by atoms with van der Waals surface area (Å²) in [6.07, 6.45) is 0.761. The molecule has 4 heteroatoms. The topological polar surface area (TPSA) is 45.1 Å². The van der Waals surface area contributed by atoms with Gasteiger partial charge < -0.3 is 10.4 Å². The van der Waals surface area contributed by atoms with Crippen LogP contribution in [0.15, 0.2) is 5.38 Å². The number of nitrogens with zero attached hydrogens (tertiary/aromatic N) is 1. The summed E-state index contributed by atoms with van der Waals surface area (Å²) < 4.78 is 0. The van der Waals surface area contributed by atoms with Gasteiger partial charge in [0.2, 0.25) is 0 Å². The molecule has 0 spiro atoms. The fourth-order valence-electron chi connectivity index (χ4n) is 1.05. The minimum atomic E-state index is -0.605. The molecule has 0 fully saturated rings. The molecular weight excluding hydrogens is 196 g/mol. The van der Waals surface area contributed by atoms with Crippen LogP contribution in [0.5, 0.6) is 0 Å². The minimum Gasteiger partial charge on any atom is -0.389 e. The van der Waals surface area contributed by atoms with E-state index in [0.29, 0.717) is 6.54 Å². The number of nitrogens with one attached hydrogen (secondary N) is 1. The molecule has 0 saturated heterocycles. The zero-order valence-corrected chi connectivity index (χ0v) is 9.82. The van der Waals surface area contributed by atoms with Crippen molar-refractivity contribution in [1.82, 2.24) is 10.3 Å². The third kappa shape index (κ3) is 3.74. The maximum absolute atomic E-state index is 9.73. The number of aliphatic hydroxyl groups is 1. The molecule has 0 radical (unpaired) electrons. The van der Waals surface area contributed by atoms with E-state index in [1.165, 1.54) is 0 Å².